The number of nitrogens with zero attached hydrogens (tertiary/aromatic N) is 1. The molecule has 1 aliphatic carbocycles. The van der Waals surface area contributed by atoms with E-state index in [-0.39, 0.29) is 12.5 Å². The second kappa shape index (κ2) is 6.01. The molecule has 0 spiro atoms. The average molecular weight is 247 g/mol. The summed E-state index contributed by atoms with van der Waals surface area (Å²) in [7, 11) is 1.87. The van der Waals surface area contributed by atoms with Crippen LogP contribution in [-0.2, 0) is 16.1 Å². The van der Waals surface area contributed by atoms with Gasteiger partial charge in [0.05, 0.1) is 6.61 Å². The Morgan fingerprint density at radius 3 is 2.67 bits per heavy atom. The summed E-state index contributed by atoms with van der Waals surface area (Å²) in [5, 5.41) is 0. The van der Waals surface area contributed by atoms with Gasteiger partial charge in [0, 0.05) is 13.1 Å². The van der Waals surface area contributed by atoms with Crippen LogP contribution in [-0.4, -0.2) is 30.5 Å². The van der Waals surface area contributed by atoms with E-state index in [1.54, 1.807) is 0 Å². The first kappa shape index (κ1) is 13.1. The zero-order chi connectivity index (χ0) is 13.0. The fourth-order valence-corrected chi connectivity index (χ4v) is 2.05. The van der Waals surface area contributed by atoms with E-state index in [4.69, 9.17) is 4.74 Å². The lowest BCUT2D eigenvalue weighted by atomic mass is 10.2. The minimum absolute atomic E-state index is 0.0744. The Labute approximate surface area is 109 Å². The monoisotopic (exact) mass is 247 g/mol. The molecule has 0 aromatic heterocycles. The SMILES string of the molecule is CC(C1CC1)N(C)C(=O)COCc1ccccc1. The smallest absolute Gasteiger partial charge is 0.248 e. The standard InChI is InChI=1S/C15H21NO2/c1-12(14-8-9-14)16(2)15(17)11-18-10-13-6-4-3-5-7-13/h3-7,12,14H,8-11H2,1-2H3. The van der Waals surface area contributed by atoms with Crippen molar-refractivity contribution in [1.29, 1.82) is 0 Å². The highest BCUT2D eigenvalue weighted by molar-refractivity contribution is 5.77. The number of benzene rings is 1. The number of carbonyl (C=O) groups excluding carboxylic acids is 1. The minimum Gasteiger partial charge on any atom is -0.367 e. The van der Waals surface area contributed by atoms with Gasteiger partial charge >= 0.3 is 0 Å². The summed E-state index contributed by atoms with van der Waals surface area (Å²) in [4.78, 5) is 13.7. The number of hydrogen-bond donors (Lipinski definition) is 0. The van der Waals surface area contributed by atoms with Crippen LogP contribution in [0.15, 0.2) is 30.3 Å². The zero-order valence-electron chi connectivity index (χ0n) is 11.1. The molecule has 2 rings (SSSR count). The summed E-state index contributed by atoms with van der Waals surface area (Å²) in [6.45, 7) is 2.79. The maximum absolute atomic E-state index is 11.9. The molecule has 1 aromatic carbocycles. The molecule has 1 aliphatic rings. The molecule has 1 aromatic rings. The molecule has 1 fully saturated rings. The summed E-state index contributed by atoms with van der Waals surface area (Å²) in [6.07, 6.45) is 2.51. The van der Waals surface area contributed by atoms with Crippen molar-refractivity contribution in [1.82, 2.24) is 4.90 Å². The first-order chi connectivity index (χ1) is 8.68. The van der Waals surface area contributed by atoms with Crippen LogP contribution in [0.3, 0.4) is 0 Å². The lowest BCUT2D eigenvalue weighted by Crippen LogP contribution is -2.38. The lowest BCUT2D eigenvalue weighted by Gasteiger charge is -2.24. The van der Waals surface area contributed by atoms with Crippen LogP contribution in [0.2, 0.25) is 0 Å². The van der Waals surface area contributed by atoms with Crippen LogP contribution in [0.25, 0.3) is 0 Å². The van der Waals surface area contributed by atoms with E-state index in [1.165, 1.54) is 12.8 Å². The second-order valence-corrected chi connectivity index (χ2v) is 5.06. The molecule has 0 N–H and O–H groups in total. The third kappa shape index (κ3) is 3.57. The van der Waals surface area contributed by atoms with Crippen molar-refractivity contribution in [2.24, 2.45) is 5.92 Å². The van der Waals surface area contributed by atoms with Crippen molar-refractivity contribution in [2.75, 3.05) is 13.7 Å². The molecule has 98 valence electrons. The summed E-state index contributed by atoms with van der Waals surface area (Å²) < 4.78 is 5.46. The van der Waals surface area contributed by atoms with Crippen LogP contribution in [0.5, 0.6) is 0 Å². The number of amides is 1. The highest BCUT2D eigenvalue weighted by Gasteiger charge is 2.32. The third-order valence-corrected chi connectivity index (χ3v) is 3.65. The van der Waals surface area contributed by atoms with Crippen molar-refractivity contribution < 1.29 is 9.53 Å². The van der Waals surface area contributed by atoms with Crippen molar-refractivity contribution in [3.63, 3.8) is 0 Å². The predicted molar refractivity (Wildman–Crippen MR) is 71.1 cm³/mol. The quantitative estimate of drug-likeness (QED) is 0.773. The molecule has 0 saturated heterocycles. The van der Waals surface area contributed by atoms with Crippen LogP contribution in [0.1, 0.15) is 25.3 Å². The van der Waals surface area contributed by atoms with Gasteiger partial charge in [-0.15, -0.1) is 0 Å². The molecule has 1 amide bonds. The van der Waals surface area contributed by atoms with Crippen molar-refractivity contribution in [3.05, 3.63) is 35.9 Å². The highest BCUT2D eigenvalue weighted by atomic mass is 16.5. The van der Waals surface area contributed by atoms with E-state index in [1.807, 2.05) is 42.3 Å². The van der Waals surface area contributed by atoms with Gasteiger partial charge in [-0.05, 0) is 31.2 Å². The van der Waals surface area contributed by atoms with E-state index in [0.29, 0.717) is 18.6 Å². The molecule has 3 nitrogen and oxygen atoms in total. The van der Waals surface area contributed by atoms with Gasteiger partial charge in [-0.1, -0.05) is 30.3 Å². The van der Waals surface area contributed by atoms with Crippen LogP contribution in [0.4, 0.5) is 0 Å². The first-order valence-corrected chi connectivity index (χ1v) is 6.56. The number of likely N-dealkylation sites (N-methyl/N-ethyl adjacent to an activating group) is 1. The normalized spacial score (nSPS) is 16.3. The summed E-state index contributed by atoms with van der Waals surface area (Å²) in [6, 6.07) is 10.3. The maximum Gasteiger partial charge on any atom is 0.248 e. The van der Waals surface area contributed by atoms with E-state index in [9.17, 15) is 4.79 Å². The third-order valence-electron chi connectivity index (χ3n) is 3.65. The van der Waals surface area contributed by atoms with Crippen molar-refractivity contribution in [2.45, 2.75) is 32.4 Å². The fraction of sp³-hybridized carbons (Fsp3) is 0.533. The van der Waals surface area contributed by atoms with E-state index in [0.717, 1.165) is 5.56 Å². The van der Waals surface area contributed by atoms with Crippen LogP contribution < -0.4 is 0 Å². The number of hydrogen-bond acceptors (Lipinski definition) is 2. The largest absolute Gasteiger partial charge is 0.367 e. The van der Waals surface area contributed by atoms with E-state index < -0.39 is 0 Å². The Morgan fingerprint density at radius 2 is 2.06 bits per heavy atom. The van der Waals surface area contributed by atoms with Gasteiger partial charge in [0.15, 0.2) is 0 Å². The molecule has 3 heteroatoms. The highest BCUT2D eigenvalue weighted by Crippen LogP contribution is 2.34. The molecule has 1 atom stereocenters. The molecular formula is C15H21NO2. The Morgan fingerprint density at radius 1 is 1.39 bits per heavy atom. The molecule has 1 unspecified atom stereocenters. The van der Waals surface area contributed by atoms with Gasteiger partial charge in [0.25, 0.3) is 0 Å². The van der Waals surface area contributed by atoms with Gasteiger partial charge in [-0.25, -0.2) is 0 Å². The molecule has 0 bridgehead atoms. The Hall–Kier alpha value is -1.35. The van der Waals surface area contributed by atoms with Gasteiger partial charge in [0.2, 0.25) is 5.91 Å². The molecular weight excluding hydrogens is 226 g/mol. The van der Waals surface area contributed by atoms with Crippen molar-refractivity contribution in [3.8, 4) is 0 Å². The van der Waals surface area contributed by atoms with Gasteiger partial charge in [0.1, 0.15) is 6.61 Å². The van der Waals surface area contributed by atoms with Crippen LogP contribution in [0, 0.1) is 5.92 Å². The topological polar surface area (TPSA) is 29.5 Å². The van der Waals surface area contributed by atoms with Gasteiger partial charge < -0.3 is 9.64 Å². The Kier molecular flexibility index (Phi) is 4.37. The lowest BCUT2D eigenvalue weighted by molar-refractivity contribution is -0.137. The summed E-state index contributed by atoms with van der Waals surface area (Å²) in [5.74, 6) is 0.776. The average Bonchev–Trinajstić information content (AvgIpc) is 3.22. The molecule has 0 aliphatic heterocycles. The molecule has 0 radical (unpaired) electrons. The first-order valence-electron chi connectivity index (χ1n) is 6.56. The van der Waals surface area contributed by atoms with Crippen molar-refractivity contribution >= 4 is 5.91 Å². The Bertz CT molecular complexity index is 387. The molecule has 0 heterocycles. The Balaban J connectivity index is 1.71. The summed E-state index contributed by atoms with van der Waals surface area (Å²) >= 11 is 0. The summed E-state index contributed by atoms with van der Waals surface area (Å²) in [5.41, 5.74) is 1.10. The maximum atomic E-state index is 11.9. The number of carbonyl (C=O) groups is 1. The predicted octanol–water partition coefficient (Wildman–Crippen LogP) is 2.46. The second-order valence-electron chi connectivity index (χ2n) is 5.06. The van der Waals surface area contributed by atoms with E-state index in [2.05, 4.69) is 6.92 Å². The number of rotatable bonds is 6. The fourth-order valence-electron chi connectivity index (χ4n) is 2.05. The zero-order valence-corrected chi connectivity index (χ0v) is 11.1. The van der Waals surface area contributed by atoms with Crippen LogP contribution >= 0.6 is 0 Å². The molecule has 1 saturated carbocycles. The number of ether oxygens (including phenoxy) is 1. The van der Waals surface area contributed by atoms with Gasteiger partial charge in [-0.3, -0.25) is 4.79 Å². The molecule has 18 heavy (non-hydrogen) atoms. The van der Waals surface area contributed by atoms with E-state index >= 15 is 0 Å². The van der Waals surface area contributed by atoms with Gasteiger partial charge in [-0.2, -0.15) is 0 Å². The minimum atomic E-state index is 0.0744.